The monoisotopic (exact) mass is 324 g/mol. The van der Waals surface area contributed by atoms with E-state index in [1.165, 1.54) is 29.7 Å². The number of benzene rings is 1. The quantitative estimate of drug-likeness (QED) is 0.780. The summed E-state index contributed by atoms with van der Waals surface area (Å²) in [5.41, 5.74) is 7.06. The molecule has 118 valence electrons. The average Bonchev–Trinajstić information content (AvgIpc) is 3.24. The number of thiazole rings is 1. The highest BCUT2D eigenvalue weighted by molar-refractivity contribution is 7.07. The van der Waals surface area contributed by atoms with Crippen molar-refractivity contribution in [3.05, 3.63) is 69.9 Å². The van der Waals surface area contributed by atoms with Crippen LogP contribution < -0.4 is 5.32 Å². The Balaban J connectivity index is 1.50. The Hall–Kier alpha value is -1.98. The van der Waals surface area contributed by atoms with Crippen LogP contribution >= 0.6 is 11.3 Å². The van der Waals surface area contributed by atoms with E-state index in [1.54, 1.807) is 11.3 Å². The number of aromatic nitrogens is 3. The van der Waals surface area contributed by atoms with Crippen molar-refractivity contribution in [1.29, 1.82) is 0 Å². The molecule has 2 aromatic heterocycles. The minimum Gasteiger partial charge on any atom is -0.304 e. The van der Waals surface area contributed by atoms with Crippen LogP contribution in [0.1, 0.15) is 41.4 Å². The van der Waals surface area contributed by atoms with E-state index in [9.17, 15) is 0 Å². The molecule has 1 aliphatic rings. The lowest BCUT2D eigenvalue weighted by Gasteiger charge is -2.24. The van der Waals surface area contributed by atoms with Crippen molar-refractivity contribution < 1.29 is 0 Å². The van der Waals surface area contributed by atoms with Gasteiger partial charge in [-0.1, -0.05) is 30.3 Å². The number of rotatable bonds is 5. The number of hydrogen-bond donors (Lipinski definition) is 1. The molecule has 4 nitrogen and oxygen atoms in total. The minimum atomic E-state index is 0.393. The fraction of sp³-hybridized carbons (Fsp3) is 0.333. The second-order valence-electron chi connectivity index (χ2n) is 6.00. The van der Waals surface area contributed by atoms with Crippen molar-refractivity contribution in [3.8, 4) is 0 Å². The van der Waals surface area contributed by atoms with Gasteiger partial charge in [0.15, 0.2) is 0 Å². The Kier molecular flexibility index (Phi) is 4.22. The van der Waals surface area contributed by atoms with Gasteiger partial charge in [0.1, 0.15) is 0 Å². The van der Waals surface area contributed by atoms with E-state index < -0.39 is 0 Å². The zero-order valence-corrected chi connectivity index (χ0v) is 13.8. The van der Waals surface area contributed by atoms with Crippen LogP contribution in [0.25, 0.3) is 0 Å². The SMILES string of the molecule is c1ccc(Cn2ncc3c2CCCC3NCc2cscn2)cc1. The summed E-state index contributed by atoms with van der Waals surface area (Å²) in [5, 5.41) is 10.4. The molecule has 0 bridgehead atoms. The van der Waals surface area contributed by atoms with Crippen molar-refractivity contribution in [2.24, 2.45) is 0 Å². The summed E-state index contributed by atoms with van der Waals surface area (Å²) in [4.78, 5) is 4.35. The Labute approximate surface area is 140 Å². The van der Waals surface area contributed by atoms with Crippen LogP contribution in [0.4, 0.5) is 0 Å². The first kappa shape index (κ1) is 14.6. The van der Waals surface area contributed by atoms with Gasteiger partial charge in [-0.3, -0.25) is 4.68 Å². The van der Waals surface area contributed by atoms with Gasteiger partial charge in [0.25, 0.3) is 0 Å². The highest BCUT2D eigenvalue weighted by Crippen LogP contribution is 2.30. The van der Waals surface area contributed by atoms with Gasteiger partial charge in [0.05, 0.1) is 23.9 Å². The second-order valence-corrected chi connectivity index (χ2v) is 6.71. The molecule has 3 aromatic rings. The third-order valence-electron chi connectivity index (χ3n) is 4.45. The molecule has 0 saturated carbocycles. The largest absolute Gasteiger partial charge is 0.304 e. The summed E-state index contributed by atoms with van der Waals surface area (Å²) >= 11 is 1.65. The fourth-order valence-corrected chi connectivity index (χ4v) is 3.83. The van der Waals surface area contributed by atoms with E-state index in [0.717, 1.165) is 25.2 Å². The first-order valence-electron chi connectivity index (χ1n) is 8.09. The normalized spacial score (nSPS) is 17.1. The Morgan fingerprint density at radius 3 is 3.00 bits per heavy atom. The van der Waals surface area contributed by atoms with Gasteiger partial charge in [-0.05, 0) is 24.8 Å². The highest BCUT2D eigenvalue weighted by atomic mass is 32.1. The zero-order chi connectivity index (χ0) is 15.5. The number of nitrogens with zero attached hydrogens (tertiary/aromatic N) is 3. The van der Waals surface area contributed by atoms with Crippen LogP contribution in [0.3, 0.4) is 0 Å². The zero-order valence-electron chi connectivity index (χ0n) is 13.0. The molecule has 0 aliphatic heterocycles. The number of nitrogens with one attached hydrogen (secondary N) is 1. The molecule has 1 unspecified atom stereocenters. The van der Waals surface area contributed by atoms with E-state index >= 15 is 0 Å². The molecule has 1 N–H and O–H groups in total. The standard InChI is InChI=1S/C18H20N4S/c1-2-5-14(6-3-1)11-22-18-8-4-7-17(16(18)10-21-22)19-9-15-12-23-13-20-15/h1-3,5-6,10,12-13,17,19H,4,7-9,11H2. The summed E-state index contributed by atoms with van der Waals surface area (Å²) in [7, 11) is 0. The van der Waals surface area contributed by atoms with Crippen LogP contribution in [-0.4, -0.2) is 14.8 Å². The van der Waals surface area contributed by atoms with Gasteiger partial charge in [0, 0.05) is 29.2 Å². The van der Waals surface area contributed by atoms with Crippen molar-refractivity contribution in [3.63, 3.8) is 0 Å². The minimum absolute atomic E-state index is 0.393. The van der Waals surface area contributed by atoms with E-state index in [4.69, 9.17) is 0 Å². The summed E-state index contributed by atoms with van der Waals surface area (Å²) in [5.74, 6) is 0. The van der Waals surface area contributed by atoms with Crippen LogP contribution in [-0.2, 0) is 19.5 Å². The van der Waals surface area contributed by atoms with E-state index in [0.29, 0.717) is 6.04 Å². The molecule has 0 amide bonds. The van der Waals surface area contributed by atoms with Crippen LogP contribution in [0, 0.1) is 0 Å². The van der Waals surface area contributed by atoms with Crippen molar-refractivity contribution in [2.75, 3.05) is 0 Å². The highest BCUT2D eigenvalue weighted by Gasteiger charge is 2.24. The Morgan fingerprint density at radius 1 is 1.26 bits per heavy atom. The summed E-state index contributed by atoms with van der Waals surface area (Å²) < 4.78 is 2.17. The summed E-state index contributed by atoms with van der Waals surface area (Å²) in [6.07, 6.45) is 5.56. The molecule has 5 heteroatoms. The predicted octanol–water partition coefficient (Wildman–Crippen LogP) is 3.56. The molecule has 0 fully saturated rings. The molecule has 1 aromatic carbocycles. The van der Waals surface area contributed by atoms with Gasteiger partial charge < -0.3 is 5.32 Å². The second kappa shape index (κ2) is 6.64. The molecule has 1 aliphatic carbocycles. The lowest BCUT2D eigenvalue weighted by molar-refractivity contribution is 0.447. The van der Waals surface area contributed by atoms with Crippen molar-refractivity contribution >= 4 is 11.3 Å². The van der Waals surface area contributed by atoms with Crippen LogP contribution in [0.2, 0.25) is 0 Å². The van der Waals surface area contributed by atoms with Gasteiger partial charge in [-0.15, -0.1) is 11.3 Å². The maximum absolute atomic E-state index is 4.65. The molecule has 4 rings (SSSR count). The molecule has 0 radical (unpaired) electrons. The maximum Gasteiger partial charge on any atom is 0.0795 e. The smallest absolute Gasteiger partial charge is 0.0795 e. The molecule has 1 atom stereocenters. The lowest BCUT2D eigenvalue weighted by atomic mass is 9.93. The third kappa shape index (κ3) is 3.21. The first-order valence-corrected chi connectivity index (χ1v) is 9.03. The number of hydrogen-bond acceptors (Lipinski definition) is 4. The summed E-state index contributed by atoms with van der Waals surface area (Å²) in [6.45, 7) is 1.69. The molecule has 0 saturated heterocycles. The molecular formula is C18H20N4S. The van der Waals surface area contributed by atoms with Gasteiger partial charge >= 0.3 is 0 Å². The lowest BCUT2D eigenvalue weighted by Crippen LogP contribution is -2.25. The number of fused-ring (bicyclic) bond motifs is 1. The third-order valence-corrected chi connectivity index (χ3v) is 5.09. The van der Waals surface area contributed by atoms with Gasteiger partial charge in [-0.25, -0.2) is 4.98 Å². The topological polar surface area (TPSA) is 42.7 Å². The molecule has 23 heavy (non-hydrogen) atoms. The van der Waals surface area contributed by atoms with E-state index in [2.05, 4.69) is 62.0 Å². The molecular weight excluding hydrogens is 304 g/mol. The van der Waals surface area contributed by atoms with Crippen molar-refractivity contribution in [1.82, 2.24) is 20.1 Å². The van der Waals surface area contributed by atoms with Crippen molar-refractivity contribution in [2.45, 2.75) is 38.4 Å². The maximum atomic E-state index is 4.65. The fourth-order valence-electron chi connectivity index (χ4n) is 3.28. The van der Waals surface area contributed by atoms with E-state index in [-0.39, 0.29) is 0 Å². The van der Waals surface area contributed by atoms with Crippen LogP contribution in [0.5, 0.6) is 0 Å². The van der Waals surface area contributed by atoms with Crippen LogP contribution in [0.15, 0.2) is 47.4 Å². The molecule has 2 heterocycles. The Bertz CT molecular complexity index is 749. The molecule has 0 spiro atoms. The first-order chi connectivity index (χ1) is 11.4. The van der Waals surface area contributed by atoms with Gasteiger partial charge in [-0.2, -0.15) is 5.10 Å². The Morgan fingerprint density at radius 2 is 2.17 bits per heavy atom. The van der Waals surface area contributed by atoms with Gasteiger partial charge in [0.2, 0.25) is 0 Å². The average molecular weight is 324 g/mol. The summed E-state index contributed by atoms with van der Waals surface area (Å²) in [6, 6.07) is 10.9. The predicted molar refractivity (Wildman–Crippen MR) is 92.4 cm³/mol. The van der Waals surface area contributed by atoms with E-state index in [1.807, 2.05) is 5.51 Å².